The summed E-state index contributed by atoms with van der Waals surface area (Å²) in [7, 11) is 0. The number of aliphatic carboxylic acids is 1. The van der Waals surface area contributed by atoms with Crippen LogP contribution in [-0.2, 0) is 14.3 Å². The number of thioether (sulfide) groups is 1. The Balaban J connectivity index is 3.91. The fourth-order valence-electron chi connectivity index (χ4n) is 0.986. The van der Waals surface area contributed by atoms with E-state index in [1.165, 1.54) is 11.8 Å². The van der Waals surface area contributed by atoms with Crippen LogP contribution in [0.5, 0.6) is 0 Å². The summed E-state index contributed by atoms with van der Waals surface area (Å²) in [6.07, 6.45) is 2.72. The Morgan fingerprint density at radius 1 is 1.33 bits per heavy atom. The minimum Gasteiger partial charge on any atom is -0.481 e. The molecule has 0 aliphatic heterocycles. The smallest absolute Gasteiger partial charge is 0.313 e. The van der Waals surface area contributed by atoms with Gasteiger partial charge in [0, 0.05) is 6.42 Å². The van der Waals surface area contributed by atoms with Crippen LogP contribution in [0.2, 0.25) is 0 Å². The van der Waals surface area contributed by atoms with Crippen molar-refractivity contribution >= 4 is 23.7 Å². The van der Waals surface area contributed by atoms with E-state index < -0.39 is 5.97 Å². The molecule has 0 aromatic rings. The first kappa shape index (κ1) is 14.3. The number of esters is 1. The van der Waals surface area contributed by atoms with Crippen LogP contribution in [-0.4, -0.2) is 28.2 Å². The molecule has 0 radical (unpaired) electrons. The van der Waals surface area contributed by atoms with Gasteiger partial charge in [-0.05, 0) is 12.8 Å². The maximum atomic E-state index is 11.2. The number of carbonyl (C=O) groups excluding carboxylic acids is 1. The monoisotopic (exact) mass is 234 g/mol. The van der Waals surface area contributed by atoms with Crippen LogP contribution in [0.4, 0.5) is 0 Å². The summed E-state index contributed by atoms with van der Waals surface area (Å²) in [5, 5.41) is 8.51. The average Bonchev–Trinajstić information content (AvgIpc) is 2.15. The maximum absolute atomic E-state index is 11.2. The molecule has 0 saturated carbocycles. The van der Waals surface area contributed by atoms with E-state index in [4.69, 9.17) is 9.84 Å². The molecule has 0 bridgehead atoms. The molecule has 0 aliphatic rings. The van der Waals surface area contributed by atoms with Crippen LogP contribution >= 0.6 is 11.8 Å². The Labute approximate surface area is 94.4 Å². The zero-order valence-corrected chi connectivity index (χ0v) is 10.0. The molecule has 0 amide bonds. The SMILES string of the molecule is CCCC(=O)OC(CCC)SCC(=O)O. The van der Waals surface area contributed by atoms with Crippen LogP contribution in [0.1, 0.15) is 39.5 Å². The summed E-state index contributed by atoms with van der Waals surface area (Å²) < 4.78 is 5.14. The van der Waals surface area contributed by atoms with Crippen LogP contribution in [0.15, 0.2) is 0 Å². The fraction of sp³-hybridized carbons (Fsp3) is 0.800. The van der Waals surface area contributed by atoms with Gasteiger partial charge in [0.25, 0.3) is 0 Å². The van der Waals surface area contributed by atoms with Crippen LogP contribution in [0.25, 0.3) is 0 Å². The molecule has 1 unspecified atom stereocenters. The van der Waals surface area contributed by atoms with E-state index in [9.17, 15) is 9.59 Å². The van der Waals surface area contributed by atoms with Gasteiger partial charge in [-0.1, -0.05) is 20.3 Å². The molecule has 0 rings (SSSR count). The lowest BCUT2D eigenvalue weighted by Crippen LogP contribution is -2.16. The van der Waals surface area contributed by atoms with Crippen molar-refractivity contribution in [1.82, 2.24) is 0 Å². The molecule has 88 valence electrons. The molecule has 0 fully saturated rings. The van der Waals surface area contributed by atoms with Gasteiger partial charge in [-0.15, -0.1) is 11.8 Å². The highest BCUT2D eigenvalue weighted by Gasteiger charge is 2.14. The van der Waals surface area contributed by atoms with Crippen molar-refractivity contribution < 1.29 is 19.4 Å². The highest BCUT2D eigenvalue weighted by atomic mass is 32.2. The number of carboxylic acids is 1. The van der Waals surface area contributed by atoms with Gasteiger partial charge in [0.15, 0.2) is 0 Å². The van der Waals surface area contributed by atoms with Gasteiger partial charge in [-0.3, -0.25) is 9.59 Å². The third kappa shape index (κ3) is 8.30. The molecular weight excluding hydrogens is 216 g/mol. The second-order valence-electron chi connectivity index (χ2n) is 3.16. The molecule has 15 heavy (non-hydrogen) atoms. The zero-order chi connectivity index (χ0) is 11.7. The summed E-state index contributed by atoms with van der Waals surface area (Å²) in [5.41, 5.74) is -0.315. The van der Waals surface area contributed by atoms with Gasteiger partial charge >= 0.3 is 11.9 Å². The van der Waals surface area contributed by atoms with E-state index in [0.29, 0.717) is 12.8 Å². The number of hydrogen-bond donors (Lipinski definition) is 1. The Morgan fingerprint density at radius 2 is 2.00 bits per heavy atom. The van der Waals surface area contributed by atoms with Gasteiger partial charge in [-0.25, -0.2) is 0 Å². The molecule has 0 heterocycles. The zero-order valence-electron chi connectivity index (χ0n) is 9.19. The van der Waals surface area contributed by atoms with Crippen molar-refractivity contribution in [2.75, 3.05) is 5.75 Å². The van der Waals surface area contributed by atoms with Crippen molar-refractivity contribution in [3.05, 3.63) is 0 Å². The van der Waals surface area contributed by atoms with Gasteiger partial charge < -0.3 is 9.84 Å². The minimum absolute atomic E-state index is 0.0237. The predicted octanol–water partition coefficient (Wildman–Crippen LogP) is 2.27. The third-order valence-corrected chi connectivity index (χ3v) is 2.75. The van der Waals surface area contributed by atoms with Crippen LogP contribution in [0.3, 0.4) is 0 Å². The Bertz CT molecular complexity index is 206. The number of hydrogen-bond acceptors (Lipinski definition) is 4. The topological polar surface area (TPSA) is 63.6 Å². The molecule has 0 saturated heterocycles. The van der Waals surface area contributed by atoms with Crippen molar-refractivity contribution in [3.8, 4) is 0 Å². The maximum Gasteiger partial charge on any atom is 0.313 e. The highest BCUT2D eigenvalue weighted by molar-refractivity contribution is 8.00. The highest BCUT2D eigenvalue weighted by Crippen LogP contribution is 2.18. The van der Waals surface area contributed by atoms with E-state index in [-0.39, 0.29) is 17.2 Å². The van der Waals surface area contributed by atoms with Gasteiger partial charge in [-0.2, -0.15) is 0 Å². The van der Waals surface area contributed by atoms with Crippen LogP contribution < -0.4 is 0 Å². The lowest BCUT2D eigenvalue weighted by atomic mass is 10.3. The molecule has 0 aromatic carbocycles. The molecule has 1 atom stereocenters. The molecule has 4 nitrogen and oxygen atoms in total. The Morgan fingerprint density at radius 3 is 2.47 bits per heavy atom. The second-order valence-corrected chi connectivity index (χ2v) is 4.31. The van der Waals surface area contributed by atoms with Crippen molar-refractivity contribution in [2.45, 2.75) is 45.0 Å². The van der Waals surface area contributed by atoms with E-state index in [0.717, 1.165) is 12.8 Å². The van der Waals surface area contributed by atoms with Gasteiger partial charge in [0.2, 0.25) is 0 Å². The van der Waals surface area contributed by atoms with Gasteiger partial charge in [0.1, 0.15) is 5.44 Å². The molecule has 0 spiro atoms. The summed E-state index contributed by atoms with van der Waals surface area (Å²) in [6, 6.07) is 0. The second kappa shape index (κ2) is 8.59. The van der Waals surface area contributed by atoms with E-state index in [1.54, 1.807) is 0 Å². The number of carbonyl (C=O) groups is 2. The molecule has 0 aromatic heterocycles. The molecule has 0 aliphatic carbocycles. The first-order chi connectivity index (χ1) is 7.10. The first-order valence-electron chi connectivity index (χ1n) is 5.13. The quantitative estimate of drug-likeness (QED) is 0.515. The molecule has 5 heteroatoms. The van der Waals surface area contributed by atoms with Crippen molar-refractivity contribution in [1.29, 1.82) is 0 Å². The molecule has 1 N–H and O–H groups in total. The predicted molar refractivity (Wildman–Crippen MR) is 59.8 cm³/mol. The Hall–Kier alpha value is -0.710. The third-order valence-electron chi connectivity index (χ3n) is 1.63. The normalized spacial score (nSPS) is 12.1. The van der Waals surface area contributed by atoms with Crippen molar-refractivity contribution in [2.24, 2.45) is 0 Å². The summed E-state index contributed by atoms with van der Waals surface area (Å²) in [4.78, 5) is 21.5. The van der Waals surface area contributed by atoms with Gasteiger partial charge in [0.05, 0.1) is 5.75 Å². The van der Waals surface area contributed by atoms with E-state index >= 15 is 0 Å². The van der Waals surface area contributed by atoms with Crippen LogP contribution in [0, 0.1) is 0 Å². The lowest BCUT2D eigenvalue weighted by Gasteiger charge is -2.15. The first-order valence-corrected chi connectivity index (χ1v) is 6.17. The van der Waals surface area contributed by atoms with E-state index in [2.05, 4.69) is 0 Å². The number of ether oxygens (including phenoxy) is 1. The van der Waals surface area contributed by atoms with Crippen molar-refractivity contribution in [3.63, 3.8) is 0 Å². The summed E-state index contributed by atoms with van der Waals surface area (Å²) in [5.74, 6) is -1.15. The van der Waals surface area contributed by atoms with E-state index in [1.807, 2.05) is 13.8 Å². The fourth-order valence-corrected chi connectivity index (χ4v) is 1.89. The molecular formula is C10H18O4S. The number of rotatable bonds is 8. The largest absolute Gasteiger partial charge is 0.481 e. The standard InChI is InChI=1S/C10H18O4S/c1-3-5-9(13)14-10(6-4-2)15-7-8(11)12/h10H,3-7H2,1-2H3,(H,11,12). The Kier molecular flexibility index (Phi) is 8.18. The summed E-state index contributed by atoms with van der Waals surface area (Å²) in [6.45, 7) is 3.88. The average molecular weight is 234 g/mol. The minimum atomic E-state index is -0.882. The number of carboxylic acid groups (broad SMARTS) is 1. The lowest BCUT2D eigenvalue weighted by molar-refractivity contribution is -0.145. The summed E-state index contributed by atoms with van der Waals surface area (Å²) >= 11 is 1.17.